The first kappa shape index (κ1) is 24.0. The van der Waals surface area contributed by atoms with Gasteiger partial charge >= 0.3 is 11.9 Å². The van der Waals surface area contributed by atoms with Crippen LogP contribution in [-0.2, 0) is 4.74 Å². The van der Waals surface area contributed by atoms with Crippen LogP contribution in [0.25, 0.3) is 0 Å². The molecule has 178 valence electrons. The molecule has 9 nitrogen and oxygen atoms in total. The number of rotatable bonds is 7. The number of anilines is 2. The maximum atomic E-state index is 13.1. The van der Waals surface area contributed by atoms with Crippen LogP contribution in [0.15, 0.2) is 6.07 Å². The molecule has 1 amide bonds. The van der Waals surface area contributed by atoms with Gasteiger partial charge < -0.3 is 20.3 Å². The van der Waals surface area contributed by atoms with Gasteiger partial charge in [-0.2, -0.15) is 13.2 Å². The number of nitrogens with zero attached hydrogens (tertiary/aromatic N) is 3. The van der Waals surface area contributed by atoms with Gasteiger partial charge in [-0.3, -0.25) is 14.9 Å². The first-order valence-electron chi connectivity index (χ1n) is 10.5. The molecule has 2 heterocycles. The molecule has 12 heteroatoms. The lowest BCUT2D eigenvalue weighted by atomic mass is 9.85. The summed E-state index contributed by atoms with van der Waals surface area (Å²) in [5.74, 6) is -1.67. The van der Waals surface area contributed by atoms with Crippen molar-refractivity contribution in [3.8, 4) is 0 Å². The number of halogens is 3. The third kappa shape index (κ3) is 5.22. The minimum absolute atomic E-state index is 0.0139. The van der Waals surface area contributed by atoms with E-state index < -0.39 is 29.0 Å². The maximum Gasteiger partial charge on any atom is 0.391 e. The Bertz CT molecular complexity index is 868. The average Bonchev–Trinajstić information content (AvgIpc) is 2.71. The van der Waals surface area contributed by atoms with E-state index in [9.17, 15) is 28.1 Å². The highest BCUT2D eigenvalue weighted by Gasteiger charge is 2.42. The molecule has 2 aliphatic rings. The van der Waals surface area contributed by atoms with Gasteiger partial charge in [0, 0.05) is 38.2 Å². The second-order valence-electron chi connectivity index (χ2n) is 8.96. The maximum absolute atomic E-state index is 13.1. The number of ether oxygens (including phenoxy) is 1. The molecule has 3 rings (SSSR count). The quantitative estimate of drug-likeness (QED) is 0.475. The Morgan fingerprint density at radius 2 is 1.97 bits per heavy atom. The lowest BCUT2D eigenvalue weighted by molar-refractivity contribution is -0.384. The van der Waals surface area contributed by atoms with Crippen molar-refractivity contribution >= 4 is 23.2 Å². The van der Waals surface area contributed by atoms with Gasteiger partial charge in [0.15, 0.2) is 0 Å². The van der Waals surface area contributed by atoms with Crippen molar-refractivity contribution in [1.29, 1.82) is 0 Å². The molecule has 1 aliphatic heterocycles. The Kier molecular flexibility index (Phi) is 6.82. The zero-order valence-electron chi connectivity index (χ0n) is 18.3. The topological polar surface area (TPSA) is 110 Å². The van der Waals surface area contributed by atoms with Crippen LogP contribution in [0.3, 0.4) is 0 Å². The van der Waals surface area contributed by atoms with E-state index >= 15 is 0 Å². The number of aromatic nitrogens is 1. The zero-order chi connectivity index (χ0) is 23.7. The number of carbonyl (C=O) groups is 1. The summed E-state index contributed by atoms with van der Waals surface area (Å²) in [6.07, 6.45) is -3.96. The molecule has 1 saturated heterocycles. The monoisotopic (exact) mass is 459 g/mol. The second kappa shape index (κ2) is 9.08. The number of amides is 1. The van der Waals surface area contributed by atoms with E-state index in [4.69, 9.17) is 4.74 Å². The molecule has 2 fully saturated rings. The smallest absolute Gasteiger partial charge is 0.380 e. The number of hydrogen-bond acceptors (Lipinski definition) is 7. The zero-order valence-corrected chi connectivity index (χ0v) is 18.3. The summed E-state index contributed by atoms with van der Waals surface area (Å²) < 4.78 is 44.0. The number of nitrogens with one attached hydrogen (secondary N) is 2. The Morgan fingerprint density at radius 3 is 2.44 bits per heavy atom. The van der Waals surface area contributed by atoms with E-state index in [2.05, 4.69) is 15.6 Å². The van der Waals surface area contributed by atoms with E-state index in [0.29, 0.717) is 19.8 Å². The van der Waals surface area contributed by atoms with E-state index in [0.717, 1.165) is 0 Å². The molecular formula is C20H28F3N5O4. The summed E-state index contributed by atoms with van der Waals surface area (Å²) in [6.45, 7) is 3.63. The van der Waals surface area contributed by atoms with Crippen LogP contribution >= 0.6 is 0 Å². The summed E-state index contributed by atoms with van der Waals surface area (Å²) in [5.41, 5.74) is -0.476. The normalized spacial score (nSPS) is 22.6. The van der Waals surface area contributed by atoms with Crippen molar-refractivity contribution in [2.24, 2.45) is 11.3 Å². The van der Waals surface area contributed by atoms with Crippen LogP contribution in [0, 0.1) is 21.4 Å². The minimum atomic E-state index is -4.24. The molecule has 1 aromatic rings. The lowest BCUT2D eigenvalue weighted by Crippen LogP contribution is -2.48. The average molecular weight is 459 g/mol. The Labute approximate surface area is 183 Å². The van der Waals surface area contributed by atoms with Gasteiger partial charge in [-0.15, -0.1) is 0 Å². The lowest BCUT2D eigenvalue weighted by Gasteiger charge is -2.41. The molecule has 32 heavy (non-hydrogen) atoms. The first-order chi connectivity index (χ1) is 14.9. The number of hydrogen-bond donors (Lipinski definition) is 2. The fourth-order valence-corrected chi connectivity index (χ4v) is 4.29. The fourth-order valence-electron chi connectivity index (χ4n) is 4.29. The van der Waals surface area contributed by atoms with Crippen LogP contribution in [0.5, 0.6) is 0 Å². The second-order valence-corrected chi connectivity index (χ2v) is 8.96. The van der Waals surface area contributed by atoms with Gasteiger partial charge in [0.05, 0.1) is 29.6 Å². The predicted molar refractivity (Wildman–Crippen MR) is 112 cm³/mol. The largest absolute Gasteiger partial charge is 0.391 e. The third-order valence-corrected chi connectivity index (χ3v) is 6.07. The molecule has 0 aromatic carbocycles. The van der Waals surface area contributed by atoms with Crippen molar-refractivity contribution < 1.29 is 27.6 Å². The van der Waals surface area contributed by atoms with Crippen molar-refractivity contribution in [3.05, 3.63) is 21.7 Å². The minimum Gasteiger partial charge on any atom is -0.380 e. The molecule has 0 bridgehead atoms. The summed E-state index contributed by atoms with van der Waals surface area (Å²) >= 11 is 0. The Morgan fingerprint density at radius 1 is 1.34 bits per heavy atom. The molecule has 1 aromatic heterocycles. The first-order valence-corrected chi connectivity index (χ1v) is 10.5. The molecule has 1 saturated carbocycles. The summed E-state index contributed by atoms with van der Waals surface area (Å²) in [7, 11) is 3.24. The van der Waals surface area contributed by atoms with E-state index in [-0.39, 0.29) is 54.0 Å². The van der Waals surface area contributed by atoms with Crippen molar-refractivity contribution in [2.75, 3.05) is 44.1 Å². The van der Waals surface area contributed by atoms with Gasteiger partial charge in [-0.25, -0.2) is 4.98 Å². The Hall–Kier alpha value is -2.63. The standard InChI is InChI=1S/C20H28F3N5O4/c1-19(10-32-11-19)9-27(3)17-14(8-15(28(30)31)16(24-2)26-17)18(29)25-13-6-4-12(5-7-13)20(21,22)23/h8,12-13H,4-7,9-11H2,1-3H3,(H,24,26)(H,25,29). The van der Waals surface area contributed by atoms with Crippen LogP contribution in [0.1, 0.15) is 43.0 Å². The van der Waals surface area contributed by atoms with Gasteiger partial charge in [-0.05, 0) is 25.7 Å². The molecule has 1 aliphatic carbocycles. The van der Waals surface area contributed by atoms with Crippen molar-refractivity contribution in [2.45, 2.75) is 44.8 Å². The van der Waals surface area contributed by atoms with E-state index in [1.165, 1.54) is 13.1 Å². The SMILES string of the molecule is CNc1nc(N(C)CC2(C)COC2)c(C(=O)NC2CCC(C(F)(F)F)CC2)cc1[N+](=O)[O-]. The van der Waals surface area contributed by atoms with Crippen molar-refractivity contribution in [1.82, 2.24) is 10.3 Å². The van der Waals surface area contributed by atoms with Crippen LogP contribution in [-0.4, -0.2) is 61.9 Å². The van der Waals surface area contributed by atoms with E-state index in [1.54, 1.807) is 11.9 Å². The molecule has 2 N–H and O–H groups in total. The number of nitro groups is 1. The third-order valence-electron chi connectivity index (χ3n) is 6.07. The number of carbonyl (C=O) groups excluding carboxylic acids is 1. The number of alkyl halides is 3. The summed E-state index contributed by atoms with van der Waals surface area (Å²) in [4.78, 5) is 30.0. The fraction of sp³-hybridized carbons (Fsp3) is 0.700. The molecule has 0 spiro atoms. The highest BCUT2D eigenvalue weighted by Crippen LogP contribution is 2.38. The van der Waals surface area contributed by atoms with Gasteiger partial charge in [0.1, 0.15) is 5.82 Å². The van der Waals surface area contributed by atoms with Gasteiger partial charge in [-0.1, -0.05) is 6.92 Å². The Balaban J connectivity index is 1.83. The van der Waals surface area contributed by atoms with Crippen LogP contribution in [0.4, 0.5) is 30.5 Å². The predicted octanol–water partition coefficient (Wildman–Crippen LogP) is 3.36. The molecular weight excluding hydrogens is 431 g/mol. The summed E-state index contributed by atoms with van der Waals surface area (Å²) in [5, 5.41) is 16.9. The van der Waals surface area contributed by atoms with Crippen LogP contribution < -0.4 is 15.5 Å². The van der Waals surface area contributed by atoms with Crippen LogP contribution in [0.2, 0.25) is 0 Å². The molecule has 0 atom stereocenters. The highest BCUT2D eigenvalue weighted by atomic mass is 19.4. The van der Waals surface area contributed by atoms with E-state index in [1.807, 2.05) is 6.92 Å². The van der Waals surface area contributed by atoms with Gasteiger partial charge in [0.2, 0.25) is 5.82 Å². The highest BCUT2D eigenvalue weighted by molar-refractivity contribution is 6.00. The molecule has 0 radical (unpaired) electrons. The molecule has 0 unspecified atom stereocenters. The van der Waals surface area contributed by atoms with Crippen molar-refractivity contribution in [3.63, 3.8) is 0 Å². The number of pyridine rings is 1. The van der Waals surface area contributed by atoms with Gasteiger partial charge in [0.25, 0.3) is 5.91 Å². The summed E-state index contributed by atoms with van der Waals surface area (Å²) in [6, 6.07) is 0.737.